The molecule has 1 heterocycles. The van der Waals surface area contributed by atoms with E-state index < -0.39 is 0 Å². The Hall–Kier alpha value is -1.49. The predicted molar refractivity (Wildman–Crippen MR) is 96.9 cm³/mol. The average molecular weight is 334 g/mol. The van der Waals surface area contributed by atoms with Gasteiger partial charge in [0.25, 0.3) is 0 Å². The van der Waals surface area contributed by atoms with Gasteiger partial charge in [-0.05, 0) is 50.0 Å². The first kappa shape index (κ1) is 17.9. The van der Waals surface area contributed by atoms with Crippen molar-refractivity contribution in [3.05, 3.63) is 29.3 Å². The van der Waals surface area contributed by atoms with Gasteiger partial charge in [0.2, 0.25) is 11.8 Å². The van der Waals surface area contributed by atoms with E-state index in [1.54, 1.807) is 11.8 Å². The summed E-state index contributed by atoms with van der Waals surface area (Å²) in [5.41, 5.74) is 3.10. The van der Waals surface area contributed by atoms with Gasteiger partial charge in [-0.1, -0.05) is 18.2 Å². The Morgan fingerprint density at radius 1 is 1.17 bits per heavy atom. The first-order valence-corrected chi connectivity index (χ1v) is 9.45. The van der Waals surface area contributed by atoms with Gasteiger partial charge in [-0.3, -0.25) is 9.59 Å². The molecule has 1 aromatic carbocycles. The Kier molecular flexibility index (Phi) is 6.96. The standard InChI is InChI=1S/C18H26N2O2S/c1-14-7-5-8-15(2)18(14)19-16(21)9-6-12-23-13-17(22)20-10-3-4-11-20/h5,7-8H,3-4,6,9-13H2,1-2H3,(H,19,21). The van der Waals surface area contributed by atoms with Crippen molar-refractivity contribution in [2.24, 2.45) is 0 Å². The SMILES string of the molecule is Cc1cccc(C)c1NC(=O)CCCSCC(=O)N1CCCC1. The maximum atomic E-state index is 12.0. The van der Waals surface area contributed by atoms with Crippen LogP contribution in [-0.4, -0.2) is 41.3 Å². The van der Waals surface area contributed by atoms with E-state index in [0.717, 1.165) is 54.9 Å². The summed E-state index contributed by atoms with van der Waals surface area (Å²) in [5.74, 6) is 1.68. The highest BCUT2D eigenvalue weighted by atomic mass is 32.2. The molecule has 126 valence electrons. The second-order valence-corrected chi connectivity index (χ2v) is 7.16. The lowest BCUT2D eigenvalue weighted by Gasteiger charge is -2.14. The van der Waals surface area contributed by atoms with Crippen LogP contribution in [0.25, 0.3) is 0 Å². The van der Waals surface area contributed by atoms with Crippen LogP contribution in [0.15, 0.2) is 18.2 Å². The third-order valence-corrected chi connectivity index (χ3v) is 5.15. The van der Waals surface area contributed by atoms with Crippen LogP contribution in [0.1, 0.15) is 36.8 Å². The summed E-state index contributed by atoms with van der Waals surface area (Å²) < 4.78 is 0. The summed E-state index contributed by atoms with van der Waals surface area (Å²) in [7, 11) is 0. The van der Waals surface area contributed by atoms with E-state index in [1.807, 2.05) is 36.9 Å². The third kappa shape index (κ3) is 5.57. The first-order chi connectivity index (χ1) is 11.1. The van der Waals surface area contributed by atoms with E-state index in [2.05, 4.69) is 5.32 Å². The van der Waals surface area contributed by atoms with Gasteiger partial charge < -0.3 is 10.2 Å². The Labute approximate surface area is 143 Å². The Morgan fingerprint density at radius 3 is 2.48 bits per heavy atom. The number of likely N-dealkylation sites (tertiary alicyclic amines) is 1. The van der Waals surface area contributed by atoms with E-state index in [0.29, 0.717) is 12.2 Å². The fraction of sp³-hybridized carbons (Fsp3) is 0.556. The van der Waals surface area contributed by atoms with E-state index in [-0.39, 0.29) is 11.8 Å². The molecular weight excluding hydrogens is 308 g/mol. The molecule has 1 N–H and O–H groups in total. The lowest BCUT2D eigenvalue weighted by atomic mass is 10.1. The number of anilines is 1. The summed E-state index contributed by atoms with van der Waals surface area (Å²) in [6.07, 6.45) is 3.57. The number of nitrogens with zero attached hydrogens (tertiary/aromatic N) is 1. The van der Waals surface area contributed by atoms with Gasteiger partial charge in [0, 0.05) is 25.2 Å². The summed E-state index contributed by atoms with van der Waals surface area (Å²) in [5, 5.41) is 3.00. The van der Waals surface area contributed by atoms with Crippen molar-refractivity contribution in [1.29, 1.82) is 0 Å². The molecule has 2 rings (SSSR count). The van der Waals surface area contributed by atoms with Crippen LogP contribution in [0.4, 0.5) is 5.69 Å². The summed E-state index contributed by atoms with van der Waals surface area (Å²) in [6.45, 7) is 5.83. The molecule has 0 aromatic heterocycles. The fourth-order valence-corrected chi connectivity index (χ4v) is 3.62. The van der Waals surface area contributed by atoms with Gasteiger partial charge in [-0.2, -0.15) is 11.8 Å². The fourth-order valence-electron chi connectivity index (χ4n) is 2.77. The normalized spacial score (nSPS) is 14.1. The number of carbonyl (C=O) groups is 2. The maximum absolute atomic E-state index is 12.0. The summed E-state index contributed by atoms with van der Waals surface area (Å²) in [4.78, 5) is 25.9. The second-order valence-electron chi connectivity index (χ2n) is 6.06. The number of amides is 2. The predicted octanol–water partition coefficient (Wildman–Crippen LogP) is 3.38. The van der Waals surface area contributed by atoms with Crippen molar-refractivity contribution in [3.63, 3.8) is 0 Å². The molecule has 0 radical (unpaired) electrons. The highest BCUT2D eigenvalue weighted by Crippen LogP contribution is 2.20. The number of aryl methyl sites for hydroxylation is 2. The van der Waals surface area contributed by atoms with Crippen LogP contribution in [0.3, 0.4) is 0 Å². The smallest absolute Gasteiger partial charge is 0.232 e. The van der Waals surface area contributed by atoms with Gasteiger partial charge in [0.05, 0.1) is 5.75 Å². The largest absolute Gasteiger partial charge is 0.342 e. The number of hydrogen-bond donors (Lipinski definition) is 1. The molecule has 0 spiro atoms. The molecule has 1 fully saturated rings. The molecule has 1 aliphatic rings. The number of rotatable bonds is 7. The molecule has 1 aromatic rings. The number of para-hydroxylation sites is 1. The van der Waals surface area contributed by atoms with E-state index >= 15 is 0 Å². The number of nitrogens with one attached hydrogen (secondary N) is 1. The third-order valence-electron chi connectivity index (χ3n) is 4.12. The van der Waals surface area contributed by atoms with Crippen LogP contribution in [0, 0.1) is 13.8 Å². The van der Waals surface area contributed by atoms with E-state index in [1.165, 1.54) is 0 Å². The topological polar surface area (TPSA) is 49.4 Å². The Bertz CT molecular complexity index is 534. The zero-order valence-electron chi connectivity index (χ0n) is 14.1. The molecule has 0 saturated carbocycles. The zero-order chi connectivity index (χ0) is 16.7. The molecular formula is C18H26N2O2S. The minimum atomic E-state index is 0.0499. The van der Waals surface area contributed by atoms with Crippen molar-refractivity contribution >= 4 is 29.3 Å². The summed E-state index contributed by atoms with van der Waals surface area (Å²) >= 11 is 1.63. The Morgan fingerprint density at radius 2 is 1.83 bits per heavy atom. The van der Waals surface area contributed by atoms with Crippen molar-refractivity contribution in [2.45, 2.75) is 39.5 Å². The minimum Gasteiger partial charge on any atom is -0.342 e. The van der Waals surface area contributed by atoms with Crippen LogP contribution in [0.2, 0.25) is 0 Å². The molecule has 0 bridgehead atoms. The highest BCUT2D eigenvalue weighted by Gasteiger charge is 2.17. The maximum Gasteiger partial charge on any atom is 0.232 e. The zero-order valence-corrected chi connectivity index (χ0v) is 14.9. The van der Waals surface area contributed by atoms with Crippen molar-refractivity contribution in [3.8, 4) is 0 Å². The van der Waals surface area contributed by atoms with Crippen molar-refractivity contribution in [2.75, 3.05) is 29.9 Å². The van der Waals surface area contributed by atoms with Gasteiger partial charge in [0.15, 0.2) is 0 Å². The monoisotopic (exact) mass is 334 g/mol. The lowest BCUT2D eigenvalue weighted by molar-refractivity contribution is -0.127. The number of thioether (sulfide) groups is 1. The molecule has 1 saturated heterocycles. The first-order valence-electron chi connectivity index (χ1n) is 8.29. The van der Waals surface area contributed by atoms with E-state index in [9.17, 15) is 9.59 Å². The molecule has 23 heavy (non-hydrogen) atoms. The minimum absolute atomic E-state index is 0.0499. The number of hydrogen-bond acceptors (Lipinski definition) is 3. The lowest BCUT2D eigenvalue weighted by Crippen LogP contribution is -2.29. The average Bonchev–Trinajstić information content (AvgIpc) is 3.05. The van der Waals surface area contributed by atoms with Gasteiger partial charge >= 0.3 is 0 Å². The summed E-state index contributed by atoms with van der Waals surface area (Å²) in [6, 6.07) is 6.00. The molecule has 4 nitrogen and oxygen atoms in total. The highest BCUT2D eigenvalue weighted by molar-refractivity contribution is 7.99. The van der Waals surface area contributed by atoms with Gasteiger partial charge in [-0.25, -0.2) is 0 Å². The van der Waals surface area contributed by atoms with Gasteiger partial charge in [-0.15, -0.1) is 0 Å². The van der Waals surface area contributed by atoms with Crippen molar-refractivity contribution < 1.29 is 9.59 Å². The van der Waals surface area contributed by atoms with Crippen LogP contribution < -0.4 is 5.32 Å². The molecule has 5 heteroatoms. The number of benzene rings is 1. The quantitative estimate of drug-likeness (QED) is 0.778. The van der Waals surface area contributed by atoms with Crippen LogP contribution in [0.5, 0.6) is 0 Å². The van der Waals surface area contributed by atoms with Crippen LogP contribution in [-0.2, 0) is 9.59 Å². The molecule has 0 unspecified atom stereocenters. The number of carbonyl (C=O) groups excluding carboxylic acids is 2. The molecule has 0 aliphatic carbocycles. The van der Waals surface area contributed by atoms with Gasteiger partial charge in [0.1, 0.15) is 0 Å². The Balaban J connectivity index is 1.62. The molecule has 1 aliphatic heterocycles. The van der Waals surface area contributed by atoms with Crippen LogP contribution >= 0.6 is 11.8 Å². The molecule has 2 amide bonds. The molecule has 0 atom stereocenters. The van der Waals surface area contributed by atoms with Crippen molar-refractivity contribution in [1.82, 2.24) is 4.90 Å². The second kappa shape index (κ2) is 8.96. The van der Waals surface area contributed by atoms with E-state index in [4.69, 9.17) is 0 Å².